The molecule has 1 aromatic heterocycles. The highest BCUT2D eigenvalue weighted by Crippen LogP contribution is 2.38. The van der Waals surface area contributed by atoms with Gasteiger partial charge in [-0.15, -0.1) is 0 Å². The smallest absolute Gasteiger partial charge is 0.358 e. The van der Waals surface area contributed by atoms with E-state index in [0.717, 1.165) is 44.6 Å². The van der Waals surface area contributed by atoms with Gasteiger partial charge in [0.1, 0.15) is 5.82 Å². The van der Waals surface area contributed by atoms with Crippen LogP contribution in [-0.2, 0) is 9.47 Å². The summed E-state index contributed by atoms with van der Waals surface area (Å²) in [5.41, 5.74) is -0.00642. The number of hydrogen-bond donors (Lipinski definition) is 1. The van der Waals surface area contributed by atoms with Crippen molar-refractivity contribution in [2.45, 2.75) is 56.8 Å². The van der Waals surface area contributed by atoms with Gasteiger partial charge in [-0.05, 0) is 25.7 Å². The first-order valence-electron chi connectivity index (χ1n) is 8.56. The van der Waals surface area contributed by atoms with E-state index in [1.54, 1.807) is 6.20 Å². The minimum atomic E-state index is -0.484. The lowest BCUT2D eigenvalue weighted by atomic mass is 9.81. The highest BCUT2D eigenvalue weighted by Gasteiger charge is 2.43. The third-order valence-electron chi connectivity index (χ3n) is 5.05. The Hall–Kier alpha value is -1.73. The largest absolute Gasteiger partial charge is 0.464 e. The summed E-state index contributed by atoms with van der Waals surface area (Å²) < 4.78 is 10.9. The third kappa shape index (κ3) is 3.52. The van der Waals surface area contributed by atoms with Crippen LogP contribution in [-0.4, -0.2) is 59.1 Å². The van der Waals surface area contributed by atoms with Crippen molar-refractivity contribution >= 4 is 11.8 Å². The van der Waals surface area contributed by atoms with E-state index in [1.165, 1.54) is 13.3 Å². The normalized spacial score (nSPS) is 26.4. The molecule has 1 aromatic rings. The third-order valence-corrected chi connectivity index (χ3v) is 5.05. The summed E-state index contributed by atoms with van der Waals surface area (Å²) >= 11 is 0. The van der Waals surface area contributed by atoms with Crippen molar-refractivity contribution < 1.29 is 19.4 Å². The number of aromatic nitrogens is 2. The molecule has 3 rings (SSSR count). The van der Waals surface area contributed by atoms with E-state index in [-0.39, 0.29) is 23.5 Å². The van der Waals surface area contributed by atoms with Crippen molar-refractivity contribution in [1.29, 1.82) is 0 Å². The monoisotopic (exact) mass is 335 g/mol. The Labute approximate surface area is 142 Å². The Morgan fingerprint density at radius 3 is 2.75 bits per heavy atom. The molecule has 2 aliphatic heterocycles. The lowest BCUT2D eigenvalue weighted by Crippen LogP contribution is -2.53. The lowest BCUT2D eigenvalue weighted by molar-refractivity contribution is -0.171. The molecule has 24 heavy (non-hydrogen) atoms. The first-order valence-corrected chi connectivity index (χ1v) is 8.56. The topological polar surface area (TPSA) is 84.8 Å². The average Bonchev–Trinajstić information content (AvgIpc) is 2.61. The van der Waals surface area contributed by atoms with Crippen molar-refractivity contribution in [3.8, 4) is 0 Å². The maximum absolute atomic E-state index is 11.4. The zero-order valence-electron chi connectivity index (χ0n) is 14.3. The minimum Gasteiger partial charge on any atom is -0.464 e. The van der Waals surface area contributed by atoms with Gasteiger partial charge in [0, 0.05) is 19.5 Å². The molecule has 0 amide bonds. The Balaban J connectivity index is 1.63. The Morgan fingerprint density at radius 2 is 2.17 bits per heavy atom. The van der Waals surface area contributed by atoms with E-state index in [0.29, 0.717) is 6.42 Å². The van der Waals surface area contributed by atoms with Gasteiger partial charge in [0.05, 0.1) is 37.3 Å². The number of nitrogens with zero attached hydrogens (tertiary/aromatic N) is 3. The van der Waals surface area contributed by atoms with Crippen molar-refractivity contribution in [3.63, 3.8) is 0 Å². The summed E-state index contributed by atoms with van der Waals surface area (Å²) in [7, 11) is 1.32. The number of esters is 1. The fourth-order valence-corrected chi connectivity index (χ4v) is 3.68. The molecule has 0 bridgehead atoms. The summed E-state index contributed by atoms with van der Waals surface area (Å²) in [5.74, 6) is 0.266. The van der Waals surface area contributed by atoms with Crippen molar-refractivity contribution in [3.05, 3.63) is 18.1 Å². The maximum atomic E-state index is 11.4. The average molecular weight is 335 g/mol. The molecule has 0 radical (unpaired) electrons. The SMILES string of the molecule is CC[C@H]1C[C@@H](O)CC2(CCN(c3cnc(C(=O)OC)cn3)CC2)O1. The van der Waals surface area contributed by atoms with Crippen LogP contribution in [0.25, 0.3) is 0 Å². The van der Waals surface area contributed by atoms with Gasteiger partial charge in [-0.2, -0.15) is 0 Å². The molecular weight excluding hydrogens is 310 g/mol. The molecule has 2 saturated heterocycles. The van der Waals surface area contributed by atoms with Gasteiger partial charge in [-0.3, -0.25) is 0 Å². The number of carbonyl (C=O) groups excluding carboxylic acids is 1. The summed E-state index contributed by atoms with van der Waals surface area (Å²) in [4.78, 5) is 22.0. The predicted octanol–water partition coefficient (Wildman–Crippen LogP) is 1.55. The molecule has 0 aliphatic carbocycles. The first-order chi connectivity index (χ1) is 11.5. The lowest BCUT2D eigenvalue weighted by Gasteiger charge is -2.48. The number of ether oxygens (including phenoxy) is 2. The Morgan fingerprint density at radius 1 is 1.42 bits per heavy atom. The number of piperidine rings is 1. The molecule has 0 saturated carbocycles. The van der Waals surface area contributed by atoms with E-state index in [4.69, 9.17) is 4.74 Å². The zero-order valence-corrected chi connectivity index (χ0v) is 14.3. The molecule has 2 aliphatic rings. The Kier molecular flexibility index (Phi) is 5.01. The number of rotatable bonds is 3. The first kappa shape index (κ1) is 17.1. The van der Waals surface area contributed by atoms with Gasteiger partial charge in [0.2, 0.25) is 0 Å². The highest BCUT2D eigenvalue weighted by atomic mass is 16.5. The molecule has 3 heterocycles. The number of hydrogen-bond acceptors (Lipinski definition) is 7. The van der Waals surface area contributed by atoms with Crippen molar-refractivity contribution in [1.82, 2.24) is 9.97 Å². The molecule has 2 atom stereocenters. The van der Waals surface area contributed by atoms with Crippen LogP contribution < -0.4 is 4.90 Å². The molecule has 132 valence electrons. The van der Waals surface area contributed by atoms with Crippen LogP contribution in [0.1, 0.15) is 49.5 Å². The van der Waals surface area contributed by atoms with E-state index in [1.807, 2.05) is 0 Å². The second-order valence-electron chi connectivity index (χ2n) is 6.66. The second kappa shape index (κ2) is 7.03. The van der Waals surface area contributed by atoms with Gasteiger partial charge in [-0.1, -0.05) is 6.92 Å². The number of methoxy groups -OCH3 is 1. The van der Waals surface area contributed by atoms with Gasteiger partial charge in [0.25, 0.3) is 0 Å². The van der Waals surface area contributed by atoms with Crippen LogP contribution in [0.5, 0.6) is 0 Å². The standard InChI is InChI=1S/C17H25N3O4/c1-3-13-8-12(21)9-17(24-13)4-6-20(7-5-17)15-11-18-14(10-19-15)16(22)23-2/h10-13,21H,3-9H2,1-2H3/t12-,13+/m1/s1. The summed E-state index contributed by atoms with van der Waals surface area (Å²) in [6.07, 6.45) is 7.04. The minimum absolute atomic E-state index is 0.152. The molecular formula is C17H25N3O4. The molecule has 2 fully saturated rings. The molecule has 1 N–H and O–H groups in total. The highest BCUT2D eigenvalue weighted by molar-refractivity contribution is 5.86. The van der Waals surface area contributed by atoms with Crippen molar-refractivity contribution in [2.24, 2.45) is 0 Å². The van der Waals surface area contributed by atoms with Gasteiger partial charge in [-0.25, -0.2) is 14.8 Å². The summed E-state index contributed by atoms with van der Waals surface area (Å²) in [5, 5.41) is 10.2. The van der Waals surface area contributed by atoms with Gasteiger partial charge >= 0.3 is 5.97 Å². The van der Waals surface area contributed by atoms with Crippen LogP contribution in [0, 0.1) is 0 Å². The van der Waals surface area contributed by atoms with Crippen LogP contribution >= 0.6 is 0 Å². The molecule has 0 unspecified atom stereocenters. The van der Waals surface area contributed by atoms with Gasteiger partial charge < -0.3 is 19.5 Å². The maximum Gasteiger partial charge on any atom is 0.358 e. The van der Waals surface area contributed by atoms with Gasteiger partial charge in [0.15, 0.2) is 5.69 Å². The van der Waals surface area contributed by atoms with E-state index < -0.39 is 5.97 Å². The molecule has 7 heteroatoms. The number of aliphatic hydroxyl groups excluding tert-OH is 1. The van der Waals surface area contributed by atoms with E-state index in [2.05, 4.69) is 26.5 Å². The fourth-order valence-electron chi connectivity index (χ4n) is 3.68. The fraction of sp³-hybridized carbons (Fsp3) is 0.706. The molecule has 7 nitrogen and oxygen atoms in total. The van der Waals surface area contributed by atoms with E-state index >= 15 is 0 Å². The number of anilines is 1. The van der Waals surface area contributed by atoms with Crippen molar-refractivity contribution in [2.75, 3.05) is 25.1 Å². The van der Waals surface area contributed by atoms with Crippen LogP contribution in [0.2, 0.25) is 0 Å². The quantitative estimate of drug-likeness (QED) is 0.839. The second-order valence-corrected chi connectivity index (χ2v) is 6.66. The van der Waals surface area contributed by atoms with Crippen LogP contribution in [0.3, 0.4) is 0 Å². The molecule has 1 spiro atoms. The summed E-state index contributed by atoms with van der Waals surface area (Å²) in [6.45, 7) is 3.70. The van der Waals surface area contributed by atoms with Crippen LogP contribution in [0.4, 0.5) is 5.82 Å². The van der Waals surface area contributed by atoms with Crippen LogP contribution in [0.15, 0.2) is 12.4 Å². The molecule has 0 aromatic carbocycles. The summed E-state index contributed by atoms with van der Waals surface area (Å²) in [6, 6.07) is 0. The zero-order chi connectivity index (χ0) is 17.2. The predicted molar refractivity (Wildman–Crippen MR) is 88.0 cm³/mol. The number of carbonyl (C=O) groups is 1. The number of aliphatic hydroxyl groups is 1. The Bertz CT molecular complexity index is 570. The van der Waals surface area contributed by atoms with E-state index in [9.17, 15) is 9.90 Å².